The molecule has 0 saturated carbocycles. The van der Waals surface area contributed by atoms with Gasteiger partial charge in [0.25, 0.3) is 0 Å². The van der Waals surface area contributed by atoms with Crippen LogP contribution in [0.1, 0.15) is 33.6 Å². The van der Waals surface area contributed by atoms with Gasteiger partial charge in [-0.25, -0.2) is 4.79 Å². The van der Waals surface area contributed by atoms with Gasteiger partial charge in [-0.2, -0.15) is 0 Å². The number of amides is 1. The number of nitrogens with zero attached hydrogens (tertiary/aromatic N) is 4. The van der Waals surface area contributed by atoms with Crippen molar-refractivity contribution in [3.05, 3.63) is 0 Å². The standard InChI is InChI=1S/C19H38N6O2/c1-19(2,3)27-18(26)25-14-16(15-25)22-17(20-4)21-8-6-10-24-11-7-9-23(5)12-13-24/h16H,6-15H2,1-5H3,(H2,20,21,22). The summed E-state index contributed by atoms with van der Waals surface area (Å²) in [7, 11) is 3.98. The van der Waals surface area contributed by atoms with Gasteiger partial charge in [-0.05, 0) is 60.3 Å². The van der Waals surface area contributed by atoms with Gasteiger partial charge in [0.15, 0.2) is 5.96 Å². The van der Waals surface area contributed by atoms with Crippen molar-refractivity contribution in [1.82, 2.24) is 25.3 Å². The molecule has 27 heavy (non-hydrogen) atoms. The first-order valence-corrected chi connectivity index (χ1v) is 10.1. The monoisotopic (exact) mass is 382 g/mol. The van der Waals surface area contributed by atoms with Gasteiger partial charge < -0.3 is 30.1 Å². The fourth-order valence-corrected chi connectivity index (χ4v) is 3.27. The third-order valence-electron chi connectivity index (χ3n) is 4.85. The molecule has 2 saturated heterocycles. The van der Waals surface area contributed by atoms with Crippen molar-refractivity contribution >= 4 is 12.1 Å². The normalized spacial score (nSPS) is 20.8. The van der Waals surface area contributed by atoms with Gasteiger partial charge in [0.05, 0.1) is 6.04 Å². The van der Waals surface area contributed by atoms with E-state index >= 15 is 0 Å². The predicted molar refractivity (Wildman–Crippen MR) is 109 cm³/mol. The first-order chi connectivity index (χ1) is 12.8. The maximum Gasteiger partial charge on any atom is 0.410 e. The topological polar surface area (TPSA) is 72.4 Å². The summed E-state index contributed by atoms with van der Waals surface area (Å²) in [4.78, 5) is 22.9. The smallest absolute Gasteiger partial charge is 0.410 e. The van der Waals surface area contributed by atoms with Gasteiger partial charge in [0.1, 0.15) is 5.60 Å². The quantitative estimate of drug-likeness (QED) is 0.416. The van der Waals surface area contributed by atoms with Crippen molar-refractivity contribution < 1.29 is 9.53 Å². The highest BCUT2D eigenvalue weighted by Gasteiger charge is 2.34. The molecule has 0 unspecified atom stereocenters. The highest BCUT2D eigenvalue weighted by atomic mass is 16.6. The second kappa shape index (κ2) is 10.1. The molecule has 2 aliphatic rings. The molecule has 2 fully saturated rings. The van der Waals surface area contributed by atoms with Crippen LogP contribution in [0.15, 0.2) is 4.99 Å². The zero-order chi connectivity index (χ0) is 19.9. The minimum Gasteiger partial charge on any atom is -0.444 e. The van der Waals surface area contributed by atoms with E-state index in [9.17, 15) is 4.79 Å². The number of nitrogens with one attached hydrogen (secondary N) is 2. The first-order valence-electron chi connectivity index (χ1n) is 10.1. The number of hydrogen-bond acceptors (Lipinski definition) is 5. The molecule has 0 aromatic heterocycles. The summed E-state index contributed by atoms with van der Waals surface area (Å²) in [6.07, 6.45) is 2.11. The number of carbonyl (C=O) groups excluding carboxylic acids is 1. The fraction of sp³-hybridized carbons (Fsp3) is 0.895. The lowest BCUT2D eigenvalue weighted by molar-refractivity contribution is 0.00701. The molecule has 2 N–H and O–H groups in total. The van der Waals surface area contributed by atoms with Crippen LogP contribution < -0.4 is 10.6 Å². The maximum atomic E-state index is 12.0. The van der Waals surface area contributed by atoms with Crippen molar-refractivity contribution in [1.29, 1.82) is 0 Å². The molecule has 0 radical (unpaired) electrons. The highest BCUT2D eigenvalue weighted by molar-refractivity contribution is 5.80. The first kappa shape index (κ1) is 21.8. The lowest BCUT2D eigenvalue weighted by Crippen LogP contribution is -2.63. The summed E-state index contributed by atoms with van der Waals surface area (Å²) in [6, 6.07) is 0.227. The van der Waals surface area contributed by atoms with E-state index in [0.29, 0.717) is 13.1 Å². The van der Waals surface area contributed by atoms with Gasteiger partial charge in [-0.1, -0.05) is 0 Å². The minimum absolute atomic E-state index is 0.227. The molecule has 2 heterocycles. The van der Waals surface area contributed by atoms with E-state index in [1.165, 1.54) is 19.5 Å². The van der Waals surface area contributed by atoms with Crippen LogP contribution in [0, 0.1) is 0 Å². The summed E-state index contributed by atoms with van der Waals surface area (Å²) in [5, 5.41) is 6.76. The number of ether oxygens (including phenoxy) is 1. The van der Waals surface area contributed by atoms with Crippen molar-refractivity contribution in [3.8, 4) is 0 Å². The maximum absolute atomic E-state index is 12.0. The molecular formula is C19H38N6O2. The van der Waals surface area contributed by atoms with Crippen molar-refractivity contribution in [2.75, 3.05) is 66.5 Å². The molecule has 0 aromatic carbocycles. The molecule has 0 spiro atoms. The van der Waals surface area contributed by atoms with Crippen LogP contribution in [-0.4, -0.2) is 105 Å². The highest BCUT2D eigenvalue weighted by Crippen LogP contribution is 2.15. The van der Waals surface area contributed by atoms with E-state index in [1.54, 1.807) is 11.9 Å². The molecular weight excluding hydrogens is 344 g/mol. The Morgan fingerprint density at radius 1 is 1.19 bits per heavy atom. The van der Waals surface area contributed by atoms with E-state index in [4.69, 9.17) is 4.74 Å². The van der Waals surface area contributed by atoms with Crippen molar-refractivity contribution in [2.45, 2.75) is 45.3 Å². The summed E-state index contributed by atoms with van der Waals surface area (Å²) in [5.74, 6) is 0.805. The Labute approximate surface area is 164 Å². The lowest BCUT2D eigenvalue weighted by Gasteiger charge is -2.40. The fourth-order valence-electron chi connectivity index (χ4n) is 3.27. The molecule has 8 nitrogen and oxygen atoms in total. The molecule has 156 valence electrons. The largest absolute Gasteiger partial charge is 0.444 e. The Hall–Kier alpha value is -1.54. The average Bonchev–Trinajstić information content (AvgIpc) is 2.75. The SMILES string of the molecule is CN=C(NCCCN1CCCN(C)CC1)NC1CN(C(=O)OC(C)(C)C)C1. The number of guanidine groups is 1. The Morgan fingerprint density at radius 2 is 1.93 bits per heavy atom. The number of aliphatic imine (C=N–C) groups is 1. The van der Waals surface area contributed by atoms with Gasteiger partial charge in [-0.3, -0.25) is 4.99 Å². The third kappa shape index (κ3) is 7.92. The number of rotatable bonds is 5. The zero-order valence-corrected chi connectivity index (χ0v) is 17.8. The van der Waals surface area contributed by atoms with Gasteiger partial charge in [0, 0.05) is 39.8 Å². The van der Waals surface area contributed by atoms with Crippen LogP contribution in [0.5, 0.6) is 0 Å². The number of hydrogen-bond donors (Lipinski definition) is 2. The van der Waals surface area contributed by atoms with Gasteiger partial charge in [-0.15, -0.1) is 0 Å². The second-order valence-corrected chi connectivity index (χ2v) is 8.58. The summed E-state index contributed by atoms with van der Waals surface area (Å²) in [6.45, 7) is 13.7. The molecule has 2 rings (SSSR count). The van der Waals surface area contributed by atoms with E-state index in [1.807, 2.05) is 20.8 Å². The second-order valence-electron chi connectivity index (χ2n) is 8.58. The molecule has 0 atom stereocenters. The Bertz CT molecular complexity index is 499. The number of likely N-dealkylation sites (tertiary alicyclic amines) is 1. The molecule has 0 aliphatic carbocycles. The van der Waals surface area contributed by atoms with Gasteiger partial charge >= 0.3 is 6.09 Å². The van der Waals surface area contributed by atoms with E-state index in [-0.39, 0.29) is 12.1 Å². The average molecular weight is 383 g/mol. The zero-order valence-electron chi connectivity index (χ0n) is 17.8. The Morgan fingerprint density at radius 3 is 2.59 bits per heavy atom. The Balaban J connectivity index is 1.58. The van der Waals surface area contributed by atoms with E-state index in [2.05, 4.69) is 32.5 Å². The summed E-state index contributed by atoms with van der Waals surface area (Å²) < 4.78 is 5.38. The van der Waals surface area contributed by atoms with Crippen LogP contribution >= 0.6 is 0 Å². The summed E-state index contributed by atoms with van der Waals surface area (Å²) >= 11 is 0. The predicted octanol–water partition coefficient (Wildman–Crippen LogP) is 0.798. The number of carbonyl (C=O) groups is 1. The van der Waals surface area contributed by atoms with Crippen LogP contribution in [0.3, 0.4) is 0 Å². The van der Waals surface area contributed by atoms with Crippen LogP contribution in [-0.2, 0) is 4.74 Å². The molecule has 1 amide bonds. The van der Waals surface area contributed by atoms with E-state index in [0.717, 1.165) is 38.6 Å². The van der Waals surface area contributed by atoms with Gasteiger partial charge in [0.2, 0.25) is 0 Å². The lowest BCUT2D eigenvalue weighted by atomic mass is 10.1. The van der Waals surface area contributed by atoms with Crippen LogP contribution in [0.25, 0.3) is 0 Å². The molecule has 2 aliphatic heterocycles. The third-order valence-corrected chi connectivity index (χ3v) is 4.85. The summed E-state index contributed by atoms with van der Waals surface area (Å²) in [5.41, 5.74) is -0.448. The molecule has 0 aromatic rings. The molecule has 0 bridgehead atoms. The van der Waals surface area contributed by atoms with Crippen molar-refractivity contribution in [2.24, 2.45) is 4.99 Å². The molecule has 8 heteroatoms. The van der Waals surface area contributed by atoms with Crippen LogP contribution in [0.2, 0.25) is 0 Å². The van der Waals surface area contributed by atoms with Crippen LogP contribution in [0.4, 0.5) is 4.79 Å². The minimum atomic E-state index is -0.448. The van der Waals surface area contributed by atoms with E-state index < -0.39 is 5.60 Å². The number of likely N-dealkylation sites (N-methyl/N-ethyl adjacent to an activating group) is 1. The Kier molecular flexibility index (Phi) is 8.16. The van der Waals surface area contributed by atoms with Crippen molar-refractivity contribution in [3.63, 3.8) is 0 Å².